The quantitative estimate of drug-likeness (QED) is 0.417. The van der Waals surface area contributed by atoms with Gasteiger partial charge in [0.25, 0.3) is 5.91 Å². The number of aromatic nitrogens is 1. The molecule has 8 heteroatoms. The number of hydrogen-bond acceptors (Lipinski definition) is 6. The van der Waals surface area contributed by atoms with E-state index in [2.05, 4.69) is 14.6 Å². The van der Waals surface area contributed by atoms with Crippen LogP contribution in [-0.4, -0.2) is 36.1 Å². The average Bonchev–Trinajstić information content (AvgIpc) is 3.55. The number of carbonyl (C=O) groups excluding carboxylic acids is 3. The second-order valence-electron chi connectivity index (χ2n) is 7.29. The maximum Gasteiger partial charge on any atom is 0.349 e. The average molecular weight is 421 g/mol. The van der Waals surface area contributed by atoms with Gasteiger partial charge in [0.1, 0.15) is 11.6 Å². The molecule has 0 atom stereocenters. The summed E-state index contributed by atoms with van der Waals surface area (Å²) in [6.07, 6.45) is 3.76. The Balaban J connectivity index is 1.59. The number of nitriles is 1. The number of methoxy groups -OCH3 is 1. The van der Waals surface area contributed by atoms with Gasteiger partial charge in [0.05, 0.1) is 12.7 Å². The zero-order valence-corrected chi connectivity index (χ0v) is 17.6. The van der Waals surface area contributed by atoms with Gasteiger partial charge < -0.3 is 19.4 Å². The Morgan fingerprint density at radius 2 is 1.90 bits per heavy atom. The third-order valence-electron chi connectivity index (χ3n) is 5.00. The lowest BCUT2D eigenvalue weighted by Gasteiger charge is -2.07. The lowest BCUT2D eigenvalue weighted by Crippen LogP contribution is -2.21. The highest BCUT2D eigenvalue weighted by molar-refractivity contribution is 6.00. The summed E-state index contributed by atoms with van der Waals surface area (Å²) in [5.41, 5.74) is 3.46. The maximum atomic E-state index is 12.3. The fourth-order valence-electron chi connectivity index (χ4n) is 3.35. The van der Waals surface area contributed by atoms with Gasteiger partial charge in [-0.3, -0.25) is 4.79 Å². The summed E-state index contributed by atoms with van der Waals surface area (Å²) in [4.78, 5) is 35.8. The summed E-state index contributed by atoms with van der Waals surface area (Å²) >= 11 is 0. The van der Waals surface area contributed by atoms with Gasteiger partial charge in [0.15, 0.2) is 6.61 Å². The molecule has 8 nitrogen and oxygen atoms in total. The third-order valence-corrected chi connectivity index (χ3v) is 5.00. The van der Waals surface area contributed by atoms with Crippen molar-refractivity contribution >= 4 is 29.6 Å². The van der Waals surface area contributed by atoms with E-state index in [0.717, 1.165) is 29.8 Å². The maximum absolute atomic E-state index is 12.3. The van der Waals surface area contributed by atoms with Gasteiger partial charge in [0, 0.05) is 23.1 Å². The molecule has 1 aliphatic rings. The van der Waals surface area contributed by atoms with E-state index >= 15 is 0 Å². The fourth-order valence-corrected chi connectivity index (χ4v) is 3.35. The number of esters is 2. The van der Waals surface area contributed by atoms with Gasteiger partial charge in [-0.15, -0.1) is 0 Å². The Morgan fingerprint density at radius 3 is 2.48 bits per heavy atom. The van der Waals surface area contributed by atoms with E-state index in [-0.39, 0.29) is 5.57 Å². The molecule has 0 aliphatic heterocycles. The molecule has 1 saturated carbocycles. The summed E-state index contributed by atoms with van der Waals surface area (Å²) < 4.78 is 11.8. The topological polar surface area (TPSA) is 110 Å². The van der Waals surface area contributed by atoms with Crippen molar-refractivity contribution in [1.82, 2.24) is 4.57 Å². The summed E-state index contributed by atoms with van der Waals surface area (Å²) in [7, 11) is 1.28. The van der Waals surface area contributed by atoms with Crippen LogP contribution in [0.25, 0.3) is 6.08 Å². The first-order valence-electron chi connectivity index (χ1n) is 9.79. The molecule has 0 saturated heterocycles. The van der Waals surface area contributed by atoms with Gasteiger partial charge in [0.2, 0.25) is 0 Å². The number of nitrogens with zero attached hydrogens (tertiary/aromatic N) is 2. The van der Waals surface area contributed by atoms with Crippen LogP contribution in [-0.2, 0) is 19.1 Å². The molecule has 0 spiro atoms. The van der Waals surface area contributed by atoms with Crippen molar-refractivity contribution in [2.45, 2.75) is 32.7 Å². The summed E-state index contributed by atoms with van der Waals surface area (Å²) in [6, 6.07) is 10.3. The van der Waals surface area contributed by atoms with Crippen molar-refractivity contribution in [3.05, 3.63) is 58.4 Å². The molecular formula is C23H23N3O5. The number of ether oxygens (including phenoxy) is 2. The molecule has 1 fully saturated rings. The molecular weight excluding hydrogens is 398 g/mol. The highest BCUT2D eigenvalue weighted by atomic mass is 16.5. The molecule has 1 aromatic heterocycles. The smallest absolute Gasteiger partial charge is 0.349 e. The van der Waals surface area contributed by atoms with Gasteiger partial charge in [-0.25, -0.2) is 9.59 Å². The third kappa shape index (κ3) is 5.20. The van der Waals surface area contributed by atoms with E-state index in [1.54, 1.807) is 0 Å². The van der Waals surface area contributed by atoms with Crippen LogP contribution in [0.1, 0.15) is 46.2 Å². The molecule has 3 rings (SSSR count). The number of aryl methyl sites for hydroxylation is 1. The highest BCUT2D eigenvalue weighted by Crippen LogP contribution is 2.38. The Bertz CT molecular complexity index is 1090. The van der Waals surface area contributed by atoms with Crippen molar-refractivity contribution in [2.24, 2.45) is 0 Å². The van der Waals surface area contributed by atoms with Gasteiger partial charge in [-0.1, -0.05) is 0 Å². The van der Waals surface area contributed by atoms with Crippen molar-refractivity contribution in [2.75, 3.05) is 19.0 Å². The zero-order chi connectivity index (χ0) is 22.5. The lowest BCUT2D eigenvalue weighted by atomic mass is 10.1. The number of amides is 1. The largest absolute Gasteiger partial charge is 0.465 e. The minimum Gasteiger partial charge on any atom is -0.465 e. The van der Waals surface area contributed by atoms with Crippen molar-refractivity contribution in [3.63, 3.8) is 0 Å². The molecule has 1 aliphatic carbocycles. The Morgan fingerprint density at radius 1 is 1.23 bits per heavy atom. The molecule has 0 bridgehead atoms. The predicted molar refractivity (Wildman–Crippen MR) is 113 cm³/mol. The summed E-state index contributed by atoms with van der Waals surface area (Å²) in [6.45, 7) is 3.41. The number of carbonyl (C=O) groups is 3. The fraction of sp³-hybridized carbons (Fsp3) is 0.304. The van der Waals surface area contributed by atoms with E-state index in [1.807, 2.05) is 26.0 Å². The summed E-state index contributed by atoms with van der Waals surface area (Å²) in [5.74, 6) is -1.92. The highest BCUT2D eigenvalue weighted by Gasteiger charge is 2.27. The molecule has 2 aromatic rings. The van der Waals surface area contributed by atoms with Crippen molar-refractivity contribution in [1.29, 1.82) is 5.26 Å². The van der Waals surface area contributed by atoms with Crippen LogP contribution in [0.2, 0.25) is 0 Å². The monoisotopic (exact) mass is 421 g/mol. The van der Waals surface area contributed by atoms with Gasteiger partial charge in [-0.2, -0.15) is 5.26 Å². The number of benzene rings is 1. The minimum atomic E-state index is -0.866. The predicted octanol–water partition coefficient (Wildman–Crippen LogP) is 3.32. The molecule has 0 unspecified atom stereocenters. The van der Waals surface area contributed by atoms with Crippen LogP contribution in [0, 0.1) is 25.2 Å². The Labute approximate surface area is 180 Å². The zero-order valence-electron chi connectivity index (χ0n) is 17.6. The van der Waals surface area contributed by atoms with E-state index < -0.39 is 24.5 Å². The molecule has 160 valence electrons. The first-order chi connectivity index (χ1) is 14.8. The van der Waals surface area contributed by atoms with Crippen LogP contribution in [0.3, 0.4) is 0 Å². The molecule has 0 radical (unpaired) electrons. The van der Waals surface area contributed by atoms with Crippen LogP contribution < -0.4 is 5.32 Å². The molecule has 31 heavy (non-hydrogen) atoms. The SMILES string of the molecule is COC(=O)c1ccc(NC(=O)COC(=O)/C(C#N)=C/c2cc(C)n(C3CC3)c2C)cc1. The van der Waals surface area contributed by atoms with Crippen molar-refractivity contribution in [3.8, 4) is 6.07 Å². The van der Waals surface area contributed by atoms with Gasteiger partial charge >= 0.3 is 11.9 Å². The van der Waals surface area contributed by atoms with Crippen LogP contribution in [0.15, 0.2) is 35.9 Å². The van der Waals surface area contributed by atoms with Crippen molar-refractivity contribution < 1.29 is 23.9 Å². The molecule has 1 aromatic carbocycles. The summed E-state index contributed by atoms with van der Waals surface area (Å²) in [5, 5.41) is 11.9. The second kappa shape index (κ2) is 9.30. The second-order valence-corrected chi connectivity index (χ2v) is 7.29. The van der Waals surface area contributed by atoms with E-state index in [4.69, 9.17) is 4.74 Å². The van der Waals surface area contributed by atoms with Gasteiger partial charge in [-0.05, 0) is 68.7 Å². The minimum absolute atomic E-state index is 0.175. The Hall–Kier alpha value is -3.86. The normalized spacial score (nSPS) is 13.3. The van der Waals surface area contributed by atoms with Crippen LogP contribution >= 0.6 is 0 Å². The first-order valence-corrected chi connectivity index (χ1v) is 9.79. The molecule has 1 heterocycles. The van der Waals surface area contributed by atoms with Crippen LogP contribution in [0.4, 0.5) is 5.69 Å². The first kappa shape index (κ1) is 21.8. The number of rotatable bonds is 7. The molecule has 1 N–H and O–H groups in total. The Kier molecular flexibility index (Phi) is 6.55. The number of nitrogens with one attached hydrogen (secondary N) is 1. The number of hydrogen-bond donors (Lipinski definition) is 1. The van der Waals surface area contributed by atoms with E-state index in [0.29, 0.717) is 17.3 Å². The molecule has 1 amide bonds. The lowest BCUT2D eigenvalue weighted by molar-refractivity contribution is -0.142. The van der Waals surface area contributed by atoms with Crippen LogP contribution in [0.5, 0.6) is 0 Å². The standard InChI is InChI=1S/C23H23N3O5/c1-14-10-17(15(2)26(14)20-8-9-20)11-18(12-24)23(29)31-13-21(27)25-19-6-4-16(5-7-19)22(28)30-3/h4-7,10-11,20H,8-9,13H2,1-3H3,(H,25,27)/b18-11+. The number of anilines is 1. The van der Waals surface area contributed by atoms with E-state index in [9.17, 15) is 19.6 Å². The van der Waals surface area contributed by atoms with E-state index in [1.165, 1.54) is 37.5 Å².